The van der Waals surface area contributed by atoms with E-state index in [1.165, 1.54) is 24.3 Å². The van der Waals surface area contributed by atoms with Crippen molar-refractivity contribution in [3.05, 3.63) is 69.7 Å². The van der Waals surface area contributed by atoms with Gasteiger partial charge in [-0.3, -0.25) is 4.79 Å². The van der Waals surface area contributed by atoms with Gasteiger partial charge < -0.3 is 5.11 Å². The molecule has 96 valence electrons. The normalized spacial score (nSPS) is 10.2. The second-order valence-electron chi connectivity index (χ2n) is 4.17. The fourth-order valence-corrected chi connectivity index (χ4v) is 1.93. The van der Waals surface area contributed by atoms with Gasteiger partial charge >= 0.3 is 5.97 Å². The fraction of sp³-hybridized carbons (Fsp3) is 0.0667. The number of carbonyl (C=O) groups is 2. The lowest BCUT2D eigenvalue weighted by molar-refractivity contribution is 0.0696. The minimum Gasteiger partial charge on any atom is -0.478 e. The minimum absolute atomic E-state index is 0.152. The quantitative estimate of drug-likeness (QED) is 0.871. The Bertz CT molecular complexity index is 645. The van der Waals surface area contributed by atoms with Gasteiger partial charge in [-0.1, -0.05) is 29.8 Å². The van der Waals surface area contributed by atoms with Gasteiger partial charge in [-0.05, 0) is 36.8 Å². The number of carboxylic acid groups (broad SMARTS) is 1. The van der Waals surface area contributed by atoms with Crippen molar-refractivity contribution < 1.29 is 14.7 Å². The minimum atomic E-state index is -1.02. The van der Waals surface area contributed by atoms with Crippen molar-refractivity contribution in [2.24, 2.45) is 0 Å². The predicted molar refractivity (Wildman–Crippen MR) is 73.0 cm³/mol. The van der Waals surface area contributed by atoms with Gasteiger partial charge in [-0.15, -0.1) is 0 Å². The van der Waals surface area contributed by atoms with Crippen LogP contribution in [0.1, 0.15) is 31.8 Å². The maximum absolute atomic E-state index is 12.3. The van der Waals surface area contributed by atoms with Crippen LogP contribution in [0, 0.1) is 6.92 Å². The molecule has 2 aromatic rings. The third kappa shape index (κ3) is 2.83. The van der Waals surface area contributed by atoms with Gasteiger partial charge in [0.1, 0.15) is 0 Å². The van der Waals surface area contributed by atoms with Crippen LogP contribution in [0.15, 0.2) is 42.5 Å². The van der Waals surface area contributed by atoms with E-state index in [0.717, 1.165) is 5.56 Å². The van der Waals surface area contributed by atoms with Crippen LogP contribution in [0.4, 0.5) is 0 Å². The molecule has 3 nitrogen and oxygen atoms in total. The lowest BCUT2D eigenvalue weighted by Gasteiger charge is -2.06. The van der Waals surface area contributed by atoms with Crippen LogP contribution >= 0.6 is 11.6 Å². The molecule has 0 aliphatic heterocycles. The number of hydrogen-bond acceptors (Lipinski definition) is 2. The van der Waals surface area contributed by atoms with Crippen molar-refractivity contribution >= 4 is 23.4 Å². The largest absolute Gasteiger partial charge is 0.478 e. The summed E-state index contributed by atoms with van der Waals surface area (Å²) in [6.07, 6.45) is 0. The molecule has 0 unspecified atom stereocenters. The zero-order chi connectivity index (χ0) is 14.0. The Balaban J connectivity index is 2.38. The number of halogens is 1. The first-order chi connectivity index (χ1) is 8.99. The molecule has 0 saturated carbocycles. The summed E-state index contributed by atoms with van der Waals surface area (Å²) in [5.74, 6) is -1.19. The van der Waals surface area contributed by atoms with Gasteiger partial charge in [-0.2, -0.15) is 0 Å². The van der Waals surface area contributed by atoms with E-state index in [2.05, 4.69) is 0 Å². The molecule has 0 bridgehead atoms. The smallest absolute Gasteiger partial charge is 0.335 e. The Morgan fingerprint density at radius 3 is 2.16 bits per heavy atom. The van der Waals surface area contributed by atoms with Gasteiger partial charge in [-0.25, -0.2) is 4.79 Å². The van der Waals surface area contributed by atoms with E-state index in [1.54, 1.807) is 18.2 Å². The van der Waals surface area contributed by atoms with Crippen molar-refractivity contribution in [1.82, 2.24) is 0 Å². The molecule has 0 aliphatic rings. The molecule has 0 spiro atoms. The second kappa shape index (κ2) is 5.24. The highest BCUT2D eigenvalue weighted by Gasteiger charge is 2.13. The van der Waals surface area contributed by atoms with Gasteiger partial charge in [0.15, 0.2) is 5.78 Å². The van der Waals surface area contributed by atoms with Gasteiger partial charge in [0, 0.05) is 16.1 Å². The molecule has 4 heteroatoms. The molecule has 0 fully saturated rings. The Labute approximate surface area is 115 Å². The predicted octanol–water partition coefficient (Wildman–Crippen LogP) is 3.58. The van der Waals surface area contributed by atoms with Crippen LogP contribution in [-0.2, 0) is 0 Å². The zero-order valence-electron chi connectivity index (χ0n) is 10.2. The van der Waals surface area contributed by atoms with E-state index < -0.39 is 5.97 Å². The number of carboxylic acids is 1. The molecule has 0 heterocycles. The highest BCUT2D eigenvalue weighted by molar-refractivity contribution is 6.31. The third-order valence-electron chi connectivity index (χ3n) is 2.84. The van der Waals surface area contributed by atoms with E-state index in [9.17, 15) is 9.59 Å². The molecule has 2 rings (SSSR count). The van der Waals surface area contributed by atoms with E-state index in [1.807, 2.05) is 6.92 Å². The van der Waals surface area contributed by atoms with Crippen LogP contribution in [0.2, 0.25) is 5.02 Å². The first-order valence-corrected chi connectivity index (χ1v) is 6.01. The lowest BCUT2D eigenvalue weighted by atomic mass is 9.98. The average molecular weight is 275 g/mol. The maximum atomic E-state index is 12.3. The van der Waals surface area contributed by atoms with Gasteiger partial charge in [0.25, 0.3) is 0 Å². The number of aryl methyl sites for hydroxylation is 1. The van der Waals surface area contributed by atoms with Crippen LogP contribution < -0.4 is 0 Å². The summed E-state index contributed by atoms with van der Waals surface area (Å²) in [4.78, 5) is 23.0. The molecule has 2 aromatic carbocycles. The summed E-state index contributed by atoms with van der Waals surface area (Å²) < 4.78 is 0. The third-order valence-corrected chi connectivity index (χ3v) is 3.07. The van der Waals surface area contributed by atoms with Crippen LogP contribution in [0.5, 0.6) is 0 Å². The van der Waals surface area contributed by atoms with Crippen molar-refractivity contribution in [2.75, 3.05) is 0 Å². The number of benzene rings is 2. The van der Waals surface area contributed by atoms with E-state index >= 15 is 0 Å². The topological polar surface area (TPSA) is 54.4 Å². The Hall–Kier alpha value is -2.13. The van der Waals surface area contributed by atoms with E-state index in [0.29, 0.717) is 16.1 Å². The standard InChI is InChI=1S/C15H11ClO3/c1-9-2-7-12(16)8-13(9)14(17)10-3-5-11(6-4-10)15(18)19/h2-8H,1H3,(H,18,19). The first-order valence-electron chi connectivity index (χ1n) is 5.63. The van der Waals surface area contributed by atoms with Crippen molar-refractivity contribution in [3.8, 4) is 0 Å². The zero-order valence-corrected chi connectivity index (χ0v) is 10.9. The number of carbonyl (C=O) groups excluding carboxylic acids is 1. The SMILES string of the molecule is Cc1ccc(Cl)cc1C(=O)c1ccc(C(=O)O)cc1. The fourth-order valence-electron chi connectivity index (χ4n) is 1.76. The van der Waals surface area contributed by atoms with Crippen LogP contribution in [0.25, 0.3) is 0 Å². The summed E-state index contributed by atoms with van der Waals surface area (Å²) in [5.41, 5.74) is 1.95. The van der Waals surface area contributed by atoms with E-state index in [-0.39, 0.29) is 11.3 Å². The number of aromatic carboxylic acids is 1. The highest BCUT2D eigenvalue weighted by atomic mass is 35.5. The summed E-state index contributed by atoms with van der Waals surface area (Å²) >= 11 is 5.89. The monoisotopic (exact) mass is 274 g/mol. The van der Waals surface area contributed by atoms with Crippen LogP contribution in [0.3, 0.4) is 0 Å². The second-order valence-corrected chi connectivity index (χ2v) is 4.61. The molecule has 0 aromatic heterocycles. The Morgan fingerprint density at radius 1 is 1.00 bits per heavy atom. The molecular weight excluding hydrogens is 264 g/mol. The van der Waals surface area contributed by atoms with E-state index in [4.69, 9.17) is 16.7 Å². The molecule has 0 atom stereocenters. The van der Waals surface area contributed by atoms with Crippen molar-refractivity contribution in [1.29, 1.82) is 0 Å². The van der Waals surface area contributed by atoms with Gasteiger partial charge in [0.05, 0.1) is 5.56 Å². The number of ketones is 1. The van der Waals surface area contributed by atoms with Crippen molar-refractivity contribution in [3.63, 3.8) is 0 Å². The molecular formula is C15H11ClO3. The average Bonchev–Trinajstić information content (AvgIpc) is 2.41. The molecule has 1 N–H and O–H groups in total. The molecule has 0 radical (unpaired) electrons. The summed E-state index contributed by atoms with van der Waals surface area (Å²) in [5, 5.41) is 9.31. The molecule has 0 aliphatic carbocycles. The lowest BCUT2D eigenvalue weighted by Crippen LogP contribution is -2.04. The molecule has 0 amide bonds. The Kier molecular flexibility index (Phi) is 3.67. The first kappa shape index (κ1) is 13.3. The number of hydrogen-bond donors (Lipinski definition) is 1. The molecule has 19 heavy (non-hydrogen) atoms. The number of rotatable bonds is 3. The van der Waals surface area contributed by atoms with Gasteiger partial charge in [0.2, 0.25) is 0 Å². The Morgan fingerprint density at radius 2 is 1.58 bits per heavy atom. The molecule has 0 saturated heterocycles. The summed E-state index contributed by atoms with van der Waals surface area (Å²) in [7, 11) is 0. The maximum Gasteiger partial charge on any atom is 0.335 e. The van der Waals surface area contributed by atoms with Crippen molar-refractivity contribution in [2.45, 2.75) is 6.92 Å². The summed E-state index contributed by atoms with van der Waals surface area (Å²) in [6, 6.07) is 11.0. The summed E-state index contributed by atoms with van der Waals surface area (Å²) in [6.45, 7) is 1.83. The highest BCUT2D eigenvalue weighted by Crippen LogP contribution is 2.19. The van der Waals surface area contributed by atoms with Crippen LogP contribution in [-0.4, -0.2) is 16.9 Å².